The highest BCUT2D eigenvalue weighted by molar-refractivity contribution is 5.98. The summed E-state index contributed by atoms with van der Waals surface area (Å²) in [5.74, 6) is -2.59. The van der Waals surface area contributed by atoms with Crippen molar-refractivity contribution in [3.63, 3.8) is 0 Å². The molecule has 112 valence electrons. The molecule has 2 rings (SSSR count). The van der Waals surface area contributed by atoms with Crippen molar-refractivity contribution in [3.8, 4) is 0 Å². The fourth-order valence-electron chi connectivity index (χ4n) is 2.69. The number of hydrogen-bond donors (Lipinski definition) is 3. The van der Waals surface area contributed by atoms with Crippen LogP contribution in [0.3, 0.4) is 0 Å². The first-order valence-corrected chi connectivity index (χ1v) is 6.88. The van der Waals surface area contributed by atoms with Gasteiger partial charge in [0.2, 0.25) is 5.91 Å². The number of hydrogen-bond acceptors (Lipinski definition) is 3. The highest BCUT2D eigenvalue weighted by atomic mass is 16.4. The van der Waals surface area contributed by atoms with Crippen LogP contribution in [0.2, 0.25) is 0 Å². The summed E-state index contributed by atoms with van der Waals surface area (Å²) in [7, 11) is 1.53. The lowest BCUT2D eigenvalue weighted by atomic mass is 9.95. The number of nitrogens with one attached hydrogen (secondary N) is 2. The van der Waals surface area contributed by atoms with Crippen molar-refractivity contribution in [3.05, 3.63) is 29.8 Å². The van der Waals surface area contributed by atoms with Crippen LogP contribution in [0.5, 0.6) is 0 Å². The zero-order chi connectivity index (χ0) is 15.4. The quantitative estimate of drug-likeness (QED) is 0.782. The number of benzene rings is 1. The lowest BCUT2D eigenvalue weighted by Crippen LogP contribution is -2.30. The summed E-state index contributed by atoms with van der Waals surface area (Å²) >= 11 is 0. The largest absolute Gasteiger partial charge is 0.481 e. The van der Waals surface area contributed by atoms with E-state index in [1.54, 1.807) is 24.3 Å². The summed E-state index contributed by atoms with van der Waals surface area (Å²) in [6.07, 6.45) is 1.86. The summed E-state index contributed by atoms with van der Waals surface area (Å²) in [5, 5.41) is 14.3. The number of rotatable bonds is 4. The summed E-state index contributed by atoms with van der Waals surface area (Å²) in [6.45, 7) is 0. The highest BCUT2D eigenvalue weighted by Crippen LogP contribution is 2.32. The number of carboxylic acids is 1. The number of anilines is 1. The zero-order valence-electron chi connectivity index (χ0n) is 11.8. The molecule has 6 nitrogen and oxygen atoms in total. The number of aliphatic carboxylic acids is 1. The summed E-state index contributed by atoms with van der Waals surface area (Å²) < 4.78 is 0. The third kappa shape index (κ3) is 3.39. The molecule has 0 aromatic heterocycles. The molecule has 0 radical (unpaired) electrons. The van der Waals surface area contributed by atoms with Gasteiger partial charge in [-0.2, -0.15) is 0 Å². The number of amides is 2. The molecule has 2 amide bonds. The molecule has 1 aromatic rings. The van der Waals surface area contributed by atoms with Crippen molar-refractivity contribution in [2.45, 2.75) is 19.3 Å². The maximum atomic E-state index is 12.2. The van der Waals surface area contributed by atoms with Crippen molar-refractivity contribution < 1.29 is 19.5 Å². The molecular weight excluding hydrogens is 272 g/mol. The molecular formula is C15H18N2O4. The van der Waals surface area contributed by atoms with Crippen molar-refractivity contribution in [1.29, 1.82) is 0 Å². The topological polar surface area (TPSA) is 95.5 Å². The second-order valence-corrected chi connectivity index (χ2v) is 5.13. The molecule has 2 atom stereocenters. The Bertz CT molecular complexity index is 571. The Morgan fingerprint density at radius 3 is 2.57 bits per heavy atom. The molecule has 0 saturated heterocycles. The molecule has 1 aromatic carbocycles. The minimum absolute atomic E-state index is 0.240. The molecule has 6 heteroatoms. The molecule has 3 N–H and O–H groups in total. The van der Waals surface area contributed by atoms with E-state index in [0.717, 1.165) is 6.42 Å². The number of carboxylic acid groups (broad SMARTS) is 1. The van der Waals surface area contributed by atoms with Gasteiger partial charge in [0.05, 0.1) is 11.8 Å². The molecule has 0 spiro atoms. The summed E-state index contributed by atoms with van der Waals surface area (Å²) in [6, 6.07) is 6.56. The van der Waals surface area contributed by atoms with Gasteiger partial charge in [0, 0.05) is 18.3 Å². The highest BCUT2D eigenvalue weighted by Gasteiger charge is 2.37. The standard InChI is InChI=1S/C15H18N2O4/c1-16-13(18)9-4-2-5-10(8-9)17-14(19)11-6-3-7-12(11)15(20)21/h2,4-5,8,11-12H,3,6-7H2,1H3,(H,16,18)(H,17,19)(H,20,21). The van der Waals surface area contributed by atoms with E-state index in [1.807, 2.05) is 0 Å². The molecule has 0 bridgehead atoms. The van der Waals surface area contributed by atoms with Crippen molar-refractivity contribution >= 4 is 23.5 Å². The molecule has 21 heavy (non-hydrogen) atoms. The van der Waals surface area contributed by atoms with E-state index in [-0.39, 0.29) is 11.8 Å². The fraction of sp³-hybridized carbons (Fsp3) is 0.400. The van der Waals surface area contributed by atoms with E-state index < -0.39 is 17.8 Å². The summed E-state index contributed by atoms with van der Waals surface area (Å²) in [4.78, 5) is 34.9. The van der Waals surface area contributed by atoms with Gasteiger partial charge >= 0.3 is 5.97 Å². The smallest absolute Gasteiger partial charge is 0.307 e. The van der Waals surface area contributed by atoms with Gasteiger partial charge in [-0.25, -0.2) is 0 Å². The van der Waals surface area contributed by atoms with Gasteiger partial charge in [-0.1, -0.05) is 12.5 Å². The molecule has 1 fully saturated rings. The Hall–Kier alpha value is -2.37. The van der Waals surface area contributed by atoms with Gasteiger partial charge in [-0.15, -0.1) is 0 Å². The van der Waals surface area contributed by atoms with E-state index in [2.05, 4.69) is 10.6 Å². The molecule has 0 aliphatic heterocycles. The predicted molar refractivity (Wildman–Crippen MR) is 76.9 cm³/mol. The Kier molecular flexibility index (Phi) is 4.57. The van der Waals surface area contributed by atoms with E-state index >= 15 is 0 Å². The first-order chi connectivity index (χ1) is 10.0. The average molecular weight is 290 g/mol. The van der Waals surface area contributed by atoms with E-state index in [0.29, 0.717) is 24.1 Å². The minimum atomic E-state index is -0.924. The summed E-state index contributed by atoms with van der Waals surface area (Å²) in [5.41, 5.74) is 0.939. The average Bonchev–Trinajstić information content (AvgIpc) is 2.96. The van der Waals surface area contributed by atoms with Crippen LogP contribution in [-0.2, 0) is 9.59 Å². The van der Waals surface area contributed by atoms with Crippen LogP contribution in [0.4, 0.5) is 5.69 Å². The number of carbonyl (C=O) groups is 3. The maximum Gasteiger partial charge on any atom is 0.307 e. The maximum absolute atomic E-state index is 12.2. The van der Waals surface area contributed by atoms with Gasteiger partial charge in [-0.05, 0) is 31.0 Å². The van der Waals surface area contributed by atoms with Gasteiger partial charge in [0.15, 0.2) is 0 Å². The van der Waals surface area contributed by atoms with Crippen molar-refractivity contribution in [2.24, 2.45) is 11.8 Å². The van der Waals surface area contributed by atoms with E-state index in [4.69, 9.17) is 5.11 Å². The van der Waals surface area contributed by atoms with Crippen LogP contribution in [0.15, 0.2) is 24.3 Å². The lowest BCUT2D eigenvalue weighted by molar-refractivity contribution is -0.145. The normalized spacial score (nSPS) is 20.8. The third-order valence-electron chi connectivity index (χ3n) is 3.79. The molecule has 2 unspecified atom stereocenters. The van der Waals surface area contributed by atoms with Crippen LogP contribution in [-0.4, -0.2) is 29.9 Å². The predicted octanol–water partition coefficient (Wildman–Crippen LogP) is 1.49. The van der Waals surface area contributed by atoms with Crippen LogP contribution < -0.4 is 10.6 Å². The molecule has 0 heterocycles. The molecule has 1 aliphatic carbocycles. The van der Waals surface area contributed by atoms with Gasteiger partial charge in [0.25, 0.3) is 5.91 Å². The monoisotopic (exact) mass is 290 g/mol. The zero-order valence-corrected chi connectivity index (χ0v) is 11.8. The Balaban J connectivity index is 2.09. The SMILES string of the molecule is CNC(=O)c1cccc(NC(=O)C2CCCC2C(=O)O)c1. The van der Waals surface area contributed by atoms with E-state index in [9.17, 15) is 14.4 Å². The van der Waals surface area contributed by atoms with Crippen LogP contribution in [0.1, 0.15) is 29.6 Å². The second kappa shape index (κ2) is 6.39. The second-order valence-electron chi connectivity index (χ2n) is 5.13. The van der Waals surface area contributed by atoms with Crippen LogP contribution >= 0.6 is 0 Å². The van der Waals surface area contributed by atoms with Crippen LogP contribution in [0.25, 0.3) is 0 Å². The first kappa shape index (κ1) is 15.0. The minimum Gasteiger partial charge on any atom is -0.481 e. The van der Waals surface area contributed by atoms with Gasteiger partial charge in [0.1, 0.15) is 0 Å². The van der Waals surface area contributed by atoms with Gasteiger partial charge < -0.3 is 15.7 Å². The Labute approximate surface area is 122 Å². The lowest BCUT2D eigenvalue weighted by Gasteiger charge is -2.15. The molecule has 1 aliphatic rings. The van der Waals surface area contributed by atoms with E-state index in [1.165, 1.54) is 7.05 Å². The third-order valence-corrected chi connectivity index (χ3v) is 3.79. The van der Waals surface area contributed by atoms with Crippen LogP contribution in [0, 0.1) is 11.8 Å². The van der Waals surface area contributed by atoms with Crippen molar-refractivity contribution in [2.75, 3.05) is 12.4 Å². The first-order valence-electron chi connectivity index (χ1n) is 6.88. The number of carbonyl (C=O) groups excluding carboxylic acids is 2. The Morgan fingerprint density at radius 1 is 1.19 bits per heavy atom. The molecule has 1 saturated carbocycles. The Morgan fingerprint density at radius 2 is 1.90 bits per heavy atom. The van der Waals surface area contributed by atoms with Crippen molar-refractivity contribution in [1.82, 2.24) is 5.32 Å². The van der Waals surface area contributed by atoms with Gasteiger partial charge in [-0.3, -0.25) is 14.4 Å². The fourth-order valence-corrected chi connectivity index (χ4v) is 2.69.